The molecule has 2 fully saturated rings. The molecule has 126 valence electrons. The molecule has 0 spiro atoms. The maximum Gasteiger partial charge on any atom is 0.344 e. The molecule has 0 aromatic heterocycles. The Kier molecular flexibility index (Phi) is 5.95. The van der Waals surface area contributed by atoms with E-state index < -0.39 is 0 Å². The Hall–Kier alpha value is -1.51. The number of esters is 1. The number of carbonyl (C=O) groups is 1. The lowest BCUT2D eigenvalue weighted by Gasteiger charge is -2.38. The molecule has 0 heterocycles. The van der Waals surface area contributed by atoms with E-state index in [0.717, 1.165) is 18.1 Å². The highest BCUT2D eigenvalue weighted by molar-refractivity contribution is 5.71. The van der Waals surface area contributed by atoms with Crippen LogP contribution in [0.15, 0.2) is 30.3 Å². The first-order valence-corrected chi connectivity index (χ1v) is 9.20. The molecule has 3 rings (SSSR count). The highest BCUT2D eigenvalue weighted by Gasteiger charge is 2.34. The summed E-state index contributed by atoms with van der Waals surface area (Å²) in [4.78, 5) is 12.2. The number of ether oxygens (including phenoxy) is 2. The average molecular weight is 316 g/mol. The van der Waals surface area contributed by atoms with Crippen molar-refractivity contribution in [3.05, 3.63) is 30.3 Å². The van der Waals surface area contributed by atoms with Gasteiger partial charge in [0.15, 0.2) is 6.61 Å². The van der Waals surface area contributed by atoms with Crippen LogP contribution in [0, 0.1) is 11.8 Å². The van der Waals surface area contributed by atoms with Crippen molar-refractivity contribution in [2.75, 3.05) is 6.61 Å². The molecule has 2 aliphatic rings. The zero-order valence-corrected chi connectivity index (χ0v) is 13.9. The van der Waals surface area contributed by atoms with Gasteiger partial charge in [0.1, 0.15) is 11.9 Å². The van der Waals surface area contributed by atoms with Crippen molar-refractivity contribution in [1.29, 1.82) is 0 Å². The van der Waals surface area contributed by atoms with Gasteiger partial charge >= 0.3 is 5.97 Å². The van der Waals surface area contributed by atoms with Gasteiger partial charge in [-0.1, -0.05) is 56.7 Å². The smallest absolute Gasteiger partial charge is 0.344 e. The minimum atomic E-state index is -0.221. The molecule has 23 heavy (non-hydrogen) atoms. The molecule has 0 aliphatic heterocycles. The van der Waals surface area contributed by atoms with Crippen LogP contribution >= 0.6 is 0 Å². The SMILES string of the molecule is O=C(COc1ccccc1)O[C@@H]1CCCC[C@H]1C1CCCCC1. The van der Waals surface area contributed by atoms with E-state index in [2.05, 4.69) is 0 Å². The fraction of sp³-hybridized carbons (Fsp3) is 0.650. The molecule has 0 radical (unpaired) electrons. The Morgan fingerprint density at radius 3 is 2.39 bits per heavy atom. The second-order valence-corrected chi connectivity index (χ2v) is 6.98. The van der Waals surface area contributed by atoms with E-state index in [4.69, 9.17) is 9.47 Å². The third-order valence-corrected chi connectivity index (χ3v) is 5.39. The highest BCUT2D eigenvalue weighted by Crippen LogP contribution is 2.39. The van der Waals surface area contributed by atoms with Gasteiger partial charge in [-0.15, -0.1) is 0 Å². The molecule has 1 aromatic carbocycles. The van der Waals surface area contributed by atoms with E-state index in [0.29, 0.717) is 5.92 Å². The first kappa shape index (κ1) is 16.4. The fourth-order valence-corrected chi connectivity index (χ4v) is 4.24. The van der Waals surface area contributed by atoms with Crippen molar-refractivity contribution in [1.82, 2.24) is 0 Å². The molecule has 0 saturated heterocycles. The monoisotopic (exact) mass is 316 g/mol. The molecule has 0 amide bonds. The zero-order chi connectivity index (χ0) is 15.9. The van der Waals surface area contributed by atoms with Gasteiger partial charge in [0.25, 0.3) is 0 Å². The number of benzene rings is 1. The molecule has 2 saturated carbocycles. The van der Waals surface area contributed by atoms with Crippen molar-refractivity contribution >= 4 is 5.97 Å². The summed E-state index contributed by atoms with van der Waals surface area (Å²) in [5.74, 6) is 1.83. The van der Waals surface area contributed by atoms with Gasteiger partial charge in [-0.3, -0.25) is 0 Å². The summed E-state index contributed by atoms with van der Waals surface area (Å²) in [6.07, 6.45) is 11.5. The number of rotatable bonds is 5. The van der Waals surface area contributed by atoms with E-state index in [1.165, 1.54) is 51.4 Å². The summed E-state index contributed by atoms with van der Waals surface area (Å²) < 4.78 is 11.3. The van der Waals surface area contributed by atoms with E-state index in [1.54, 1.807) is 0 Å². The van der Waals surface area contributed by atoms with Crippen LogP contribution in [0.2, 0.25) is 0 Å². The van der Waals surface area contributed by atoms with Gasteiger partial charge in [-0.25, -0.2) is 4.79 Å². The summed E-state index contributed by atoms with van der Waals surface area (Å²) in [6, 6.07) is 9.46. The molecule has 2 atom stereocenters. The van der Waals surface area contributed by atoms with Crippen LogP contribution < -0.4 is 4.74 Å². The highest BCUT2D eigenvalue weighted by atomic mass is 16.6. The lowest BCUT2D eigenvalue weighted by molar-refractivity contribution is -0.157. The molecule has 0 N–H and O–H groups in total. The van der Waals surface area contributed by atoms with Gasteiger partial charge in [-0.2, -0.15) is 0 Å². The van der Waals surface area contributed by atoms with Gasteiger partial charge in [0, 0.05) is 0 Å². The van der Waals surface area contributed by atoms with E-state index in [9.17, 15) is 4.79 Å². The summed E-state index contributed by atoms with van der Waals surface area (Å²) in [7, 11) is 0. The summed E-state index contributed by atoms with van der Waals surface area (Å²) in [5.41, 5.74) is 0. The topological polar surface area (TPSA) is 35.5 Å². The Balaban J connectivity index is 1.50. The van der Waals surface area contributed by atoms with Crippen molar-refractivity contribution in [2.45, 2.75) is 63.9 Å². The molecular weight excluding hydrogens is 288 g/mol. The Morgan fingerprint density at radius 2 is 1.61 bits per heavy atom. The Bertz CT molecular complexity index is 479. The van der Waals surface area contributed by atoms with Gasteiger partial charge in [-0.05, 0) is 43.2 Å². The van der Waals surface area contributed by atoms with Crippen LogP contribution in [-0.2, 0) is 9.53 Å². The van der Waals surface area contributed by atoms with Crippen LogP contribution in [0.5, 0.6) is 5.75 Å². The quantitative estimate of drug-likeness (QED) is 0.736. The zero-order valence-electron chi connectivity index (χ0n) is 13.9. The Labute approximate surface area is 139 Å². The molecule has 0 bridgehead atoms. The van der Waals surface area contributed by atoms with Crippen molar-refractivity contribution in [3.8, 4) is 5.75 Å². The third-order valence-electron chi connectivity index (χ3n) is 5.39. The average Bonchev–Trinajstić information content (AvgIpc) is 2.62. The Morgan fingerprint density at radius 1 is 0.913 bits per heavy atom. The first-order chi connectivity index (χ1) is 11.3. The van der Waals surface area contributed by atoms with Crippen LogP contribution in [0.25, 0.3) is 0 Å². The van der Waals surface area contributed by atoms with Crippen molar-refractivity contribution < 1.29 is 14.3 Å². The van der Waals surface area contributed by atoms with Gasteiger partial charge < -0.3 is 9.47 Å². The molecule has 3 nitrogen and oxygen atoms in total. The standard InChI is InChI=1S/C20H28O3/c21-20(15-22-17-11-5-2-6-12-17)23-19-14-8-7-13-18(19)16-9-3-1-4-10-16/h2,5-6,11-12,16,18-19H,1,3-4,7-10,13-15H2/t18-,19+/m0/s1. The summed E-state index contributed by atoms with van der Waals surface area (Å²) in [6.45, 7) is 0.0118. The second kappa shape index (κ2) is 8.37. The molecule has 1 aromatic rings. The minimum Gasteiger partial charge on any atom is -0.482 e. The molecule has 2 aliphatic carbocycles. The number of para-hydroxylation sites is 1. The summed E-state index contributed by atoms with van der Waals surface area (Å²) >= 11 is 0. The number of carbonyl (C=O) groups excluding carboxylic acids is 1. The first-order valence-electron chi connectivity index (χ1n) is 9.20. The largest absolute Gasteiger partial charge is 0.482 e. The van der Waals surface area contributed by atoms with E-state index in [-0.39, 0.29) is 18.7 Å². The normalized spacial score (nSPS) is 25.7. The molecule has 3 heteroatoms. The van der Waals surface area contributed by atoms with E-state index >= 15 is 0 Å². The number of hydrogen-bond donors (Lipinski definition) is 0. The van der Waals surface area contributed by atoms with E-state index in [1.807, 2.05) is 30.3 Å². The lowest BCUT2D eigenvalue weighted by Crippen LogP contribution is -2.36. The maximum atomic E-state index is 12.2. The van der Waals surface area contributed by atoms with Crippen LogP contribution in [-0.4, -0.2) is 18.7 Å². The van der Waals surface area contributed by atoms with Gasteiger partial charge in [0.2, 0.25) is 0 Å². The fourth-order valence-electron chi connectivity index (χ4n) is 4.24. The maximum absolute atomic E-state index is 12.2. The third kappa shape index (κ3) is 4.73. The van der Waals surface area contributed by atoms with Crippen molar-refractivity contribution in [3.63, 3.8) is 0 Å². The second-order valence-electron chi connectivity index (χ2n) is 6.98. The van der Waals surface area contributed by atoms with Gasteiger partial charge in [0.05, 0.1) is 0 Å². The molecule has 0 unspecified atom stereocenters. The summed E-state index contributed by atoms with van der Waals surface area (Å²) in [5, 5.41) is 0. The van der Waals surface area contributed by atoms with Crippen molar-refractivity contribution in [2.24, 2.45) is 11.8 Å². The molecular formula is C20H28O3. The number of hydrogen-bond acceptors (Lipinski definition) is 3. The predicted molar refractivity (Wildman–Crippen MR) is 90.4 cm³/mol. The van der Waals surface area contributed by atoms with Crippen LogP contribution in [0.3, 0.4) is 0 Å². The van der Waals surface area contributed by atoms with Crippen LogP contribution in [0.4, 0.5) is 0 Å². The lowest BCUT2D eigenvalue weighted by atomic mass is 9.72. The van der Waals surface area contributed by atoms with Crippen LogP contribution in [0.1, 0.15) is 57.8 Å². The predicted octanol–water partition coefficient (Wildman–Crippen LogP) is 4.75. The minimum absolute atomic E-state index is 0.0118.